The van der Waals surface area contributed by atoms with Crippen LogP contribution in [0.15, 0.2) is 23.2 Å². The van der Waals surface area contributed by atoms with E-state index in [2.05, 4.69) is 25.8 Å². The molecule has 0 saturated carbocycles. The Morgan fingerprint density at radius 1 is 1.48 bits per heavy atom. The third kappa shape index (κ3) is 3.42. The van der Waals surface area contributed by atoms with Crippen LogP contribution in [0.4, 0.5) is 0 Å². The van der Waals surface area contributed by atoms with E-state index < -0.39 is 10.0 Å². The van der Waals surface area contributed by atoms with Gasteiger partial charge < -0.3 is 0 Å². The summed E-state index contributed by atoms with van der Waals surface area (Å²) < 4.78 is 27.2. The highest BCUT2D eigenvalue weighted by Gasteiger charge is 2.38. The van der Waals surface area contributed by atoms with Crippen LogP contribution < -0.4 is 0 Å². The first kappa shape index (κ1) is 15.9. The Labute approximate surface area is 126 Å². The normalized spacial score (nSPS) is 20.4. The Balaban J connectivity index is 2.37. The van der Waals surface area contributed by atoms with E-state index in [4.69, 9.17) is 5.26 Å². The Hall–Kier alpha value is -1.45. The molecule has 0 N–H and O–H groups in total. The van der Waals surface area contributed by atoms with Gasteiger partial charge in [0.25, 0.3) is 0 Å². The molecule has 5 nitrogen and oxygen atoms in total. The van der Waals surface area contributed by atoms with Crippen molar-refractivity contribution >= 4 is 10.0 Å². The van der Waals surface area contributed by atoms with Gasteiger partial charge in [0.15, 0.2) is 5.69 Å². The lowest BCUT2D eigenvalue weighted by atomic mass is 9.88. The standard InChI is InChI=1S/C15H21N3O2S/c1-15(2,3)10-12-6-5-9-18(12)21(19,20)14-7-4-8-17-13(14)11-16/h4,7-8,12H,5-6,9-10H2,1-3H3. The fraction of sp³-hybridized carbons (Fsp3) is 0.600. The van der Waals surface area contributed by atoms with Crippen LogP contribution in [-0.4, -0.2) is 30.3 Å². The van der Waals surface area contributed by atoms with E-state index in [1.807, 2.05) is 6.07 Å². The minimum atomic E-state index is -3.65. The molecule has 2 rings (SSSR count). The minimum absolute atomic E-state index is 0.00162. The van der Waals surface area contributed by atoms with Crippen LogP contribution in [0, 0.1) is 16.7 Å². The van der Waals surface area contributed by atoms with Gasteiger partial charge >= 0.3 is 0 Å². The summed E-state index contributed by atoms with van der Waals surface area (Å²) in [6.45, 7) is 6.85. The molecule has 1 aliphatic rings. The molecule has 0 radical (unpaired) electrons. The molecule has 1 aliphatic heterocycles. The smallest absolute Gasteiger partial charge is 0.244 e. The second kappa shape index (κ2) is 5.74. The quantitative estimate of drug-likeness (QED) is 0.860. The average molecular weight is 307 g/mol. The van der Waals surface area contributed by atoms with Gasteiger partial charge in [0, 0.05) is 18.8 Å². The molecule has 1 aromatic rings. The van der Waals surface area contributed by atoms with E-state index >= 15 is 0 Å². The maximum Gasteiger partial charge on any atom is 0.246 e. The van der Waals surface area contributed by atoms with Gasteiger partial charge in [-0.05, 0) is 36.8 Å². The molecule has 2 heterocycles. The first-order chi connectivity index (χ1) is 9.75. The van der Waals surface area contributed by atoms with Crippen LogP contribution in [0.2, 0.25) is 0 Å². The van der Waals surface area contributed by atoms with Crippen molar-refractivity contribution in [3.05, 3.63) is 24.0 Å². The number of hydrogen-bond donors (Lipinski definition) is 0. The van der Waals surface area contributed by atoms with E-state index in [-0.39, 0.29) is 22.0 Å². The number of sulfonamides is 1. The van der Waals surface area contributed by atoms with Crippen LogP contribution in [0.3, 0.4) is 0 Å². The van der Waals surface area contributed by atoms with Crippen molar-refractivity contribution in [2.24, 2.45) is 5.41 Å². The summed E-state index contributed by atoms with van der Waals surface area (Å²) >= 11 is 0. The Morgan fingerprint density at radius 2 is 2.19 bits per heavy atom. The maximum absolute atomic E-state index is 12.8. The first-order valence-corrected chi connectivity index (χ1v) is 8.57. The zero-order valence-corrected chi connectivity index (χ0v) is 13.5. The fourth-order valence-corrected chi connectivity index (χ4v) is 4.63. The van der Waals surface area contributed by atoms with Crippen LogP contribution in [0.1, 0.15) is 45.7 Å². The number of hydrogen-bond acceptors (Lipinski definition) is 4. The first-order valence-electron chi connectivity index (χ1n) is 7.13. The molecular formula is C15H21N3O2S. The number of rotatable bonds is 3. The lowest BCUT2D eigenvalue weighted by Gasteiger charge is -2.29. The van der Waals surface area contributed by atoms with Crippen LogP contribution in [0.25, 0.3) is 0 Å². The predicted octanol–water partition coefficient (Wildman–Crippen LogP) is 2.54. The summed E-state index contributed by atoms with van der Waals surface area (Å²) in [7, 11) is -3.65. The Bertz CT molecular complexity index is 656. The second-order valence-electron chi connectivity index (χ2n) is 6.64. The van der Waals surface area contributed by atoms with Gasteiger partial charge in [0.2, 0.25) is 10.0 Å². The highest BCUT2D eigenvalue weighted by molar-refractivity contribution is 7.89. The lowest BCUT2D eigenvalue weighted by Crippen LogP contribution is -2.38. The summed E-state index contributed by atoms with van der Waals surface area (Å²) in [5.41, 5.74) is 0.0365. The molecule has 1 aromatic heterocycles. The van der Waals surface area contributed by atoms with Crippen molar-refractivity contribution in [1.29, 1.82) is 5.26 Å². The molecule has 21 heavy (non-hydrogen) atoms. The molecule has 0 aliphatic carbocycles. The van der Waals surface area contributed by atoms with Gasteiger partial charge in [-0.25, -0.2) is 13.4 Å². The third-order valence-electron chi connectivity index (χ3n) is 3.63. The van der Waals surface area contributed by atoms with E-state index in [0.29, 0.717) is 6.54 Å². The van der Waals surface area contributed by atoms with Crippen molar-refractivity contribution in [2.45, 2.75) is 51.0 Å². The zero-order chi connectivity index (χ0) is 15.7. The second-order valence-corrected chi connectivity index (χ2v) is 8.50. The van der Waals surface area contributed by atoms with Gasteiger partial charge in [-0.15, -0.1) is 0 Å². The fourth-order valence-electron chi connectivity index (χ4n) is 2.85. The van der Waals surface area contributed by atoms with Gasteiger partial charge in [0.05, 0.1) is 0 Å². The van der Waals surface area contributed by atoms with E-state index in [0.717, 1.165) is 19.3 Å². The largest absolute Gasteiger partial charge is 0.246 e. The summed E-state index contributed by atoms with van der Waals surface area (Å²) in [4.78, 5) is 3.89. The summed E-state index contributed by atoms with van der Waals surface area (Å²) in [6, 6.07) is 4.90. The number of nitrogens with zero attached hydrogens (tertiary/aromatic N) is 3. The van der Waals surface area contributed by atoms with Crippen molar-refractivity contribution < 1.29 is 8.42 Å². The minimum Gasteiger partial charge on any atom is -0.244 e. The van der Waals surface area contributed by atoms with Gasteiger partial charge in [-0.1, -0.05) is 20.8 Å². The van der Waals surface area contributed by atoms with Crippen LogP contribution >= 0.6 is 0 Å². The molecule has 1 saturated heterocycles. The topological polar surface area (TPSA) is 74.1 Å². The molecule has 0 aromatic carbocycles. The lowest BCUT2D eigenvalue weighted by molar-refractivity contribution is 0.267. The summed E-state index contributed by atoms with van der Waals surface area (Å²) in [5.74, 6) is 0. The molecule has 0 bridgehead atoms. The highest BCUT2D eigenvalue weighted by atomic mass is 32.2. The summed E-state index contributed by atoms with van der Waals surface area (Å²) in [5, 5.41) is 9.08. The number of pyridine rings is 1. The van der Waals surface area contributed by atoms with Gasteiger partial charge in [0.1, 0.15) is 11.0 Å². The van der Waals surface area contributed by atoms with Gasteiger partial charge in [-0.3, -0.25) is 0 Å². The van der Waals surface area contributed by atoms with E-state index in [1.54, 1.807) is 10.4 Å². The molecule has 0 spiro atoms. The maximum atomic E-state index is 12.8. The third-order valence-corrected chi connectivity index (χ3v) is 5.62. The molecular weight excluding hydrogens is 286 g/mol. The van der Waals surface area contributed by atoms with Gasteiger partial charge in [-0.2, -0.15) is 9.57 Å². The number of aromatic nitrogens is 1. The predicted molar refractivity (Wildman–Crippen MR) is 79.9 cm³/mol. The SMILES string of the molecule is CC(C)(C)CC1CCCN1S(=O)(=O)c1cccnc1C#N. The average Bonchev–Trinajstić information content (AvgIpc) is 2.85. The molecule has 1 unspecified atom stereocenters. The van der Waals surface area contributed by atoms with E-state index in [1.165, 1.54) is 12.3 Å². The monoisotopic (exact) mass is 307 g/mol. The van der Waals surface area contributed by atoms with Crippen LogP contribution in [-0.2, 0) is 10.0 Å². The molecule has 1 fully saturated rings. The molecule has 6 heteroatoms. The van der Waals surface area contributed by atoms with E-state index in [9.17, 15) is 8.42 Å². The van der Waals surface area contributed by atoms with Crippen molar-refractivity contribution in [3.8, 4) is 6.07 Å². The Morgan fingerprint density at radius 3 is 2.81 bits per heavy atom. The molecule has 114 valence electrons. The molecule has 0 amide bonds. The number of nitriles is 1. The van der Waals surface area contributed by atoms with Crippen molar-refractivity contribution in [3.63, 3.8) is 0 Å². The van der Waals surface area contributed by atoms with Crippen LogP contribution in [0.5, 0.6) is 0 Å². The van der Waals surface area contributed by atoms with Crippen molar-refractivity contribution in [2.75, 3.05) is 6.54 Å². The summed E-state index contributed by atoms with van der Waals surface area (Å²) in [6.07, 6.45) is 3.99. The van der Waals surface area contributed by atoms with Crippen molar-refractivity contribution in [1.82, 2.24) is 9.29 Å². The Kier molecular flexibility index (Phi) is 4.35. The zero-order valence-electron chi connectivity index (χ0n) is 12.7. The highest BCUT2D eigenvalue weighted by Crippen LogP contribution is 2.33. The molecule has 1 atom stereocenters.